The van der Waals surface area contributed by atoms with E-state index in [9.17, 15) is 9.59 Å². The largest absolute Gasteiger partial charge is 0.480 e. The van der Waals surface area contributed by atoms with Gasteiger partial charge in [0.05, 0.1) is 5.69 Å². The summed E-state index contributed by atoms with van der Waals surface area (Å²) < 4.78 is 1.10. The number of carboxylic acid groups (broad SMARTS) is 2. The maximum atomic E-state index is 10.4. The molecule has 1 aromatic heterocycles. The number of carboxylic acids is 2. The minimum absolute atomic E-state index is 0.0228. The van der Waals surface area contributed by atoms with Gasteiger partial charge in [-0.3, -0.25) is 9.59 Å². The summed E-state index contributed by atoms with van der Waals surface area (Å²) >= 11 is 0. The number of aromatic nitrogens is 3. The molecule has 1 heterocycles. The van der Waals surface area contributed by atoms with Gasteiger partial charge in [0.1, 0.15) is 12.6 Å². The zero-order valence-corrected chi connectivity index (χ0v) is 7.70. The Bertz CT molecular complexity index is 375. The highest BCUT2D eigenvalue weighted by Gasteiger charge is 2.14. The summed E-state index contributed by atoms with van der Waals surface area (Å²) in [6.07, 6.45) is 1.38. The average molecular weight is 214 g/mol. The Balaban J connectivity index is 2.60. The number of hydrogen-bond donors (Lipinski definition) is 3. The van der Waals surface area contributed by atoms with Crippen molar-refractivity contribution < 1.29 is 19.8 Å². The van der Waals surface area contributed by atoms with Crippen molar-refractivity contribution in [1.82, 2.24) is 15.0 Å². The van der Waals surface area contributed by atoms with Crippen LogP contribution in [0.3, 0.4) is 0 Å². The Morgan fingerprint density at radius 2 is 2.20 bits per heavy atom. The number of aliphatic carboxylic acids is 2. The topological polar surface area (TPSA) is 131 Å². The van der Waals surface area contributed by atoms with Gasteiger partial charge in [-0.25, -0.2) is 4.68 Å². The van der Waals surface area contributed by atoms with E-state index in [2.05, 4.69) is 10.3 Å². The second-order valence-corrected chi connectivity index (χ2v) is 2.95. The number of nitrogens with zero attached hydrogens (tertiary/aromatic N) is 3. The molecule has 1 atom stereocenters. The highest BCUT2D eigenvalue weighted by Crippen LogP contribution is 1.97. The molecule has 4 N–H and O–H groups in total. The van der Waals surface area contributed by atoms with Crippen LogP contribution in [-0.4, -0.2) is 43.2 Å². The molecule has 0 spiro atoms. The fourth-order valence-electron chi connectivity index (χ4n) is 0.961. The zero-order valence-electron chi connectivity index (χ0n) is 7.70. The lowest BCUT2D eigenvalue weighted by molar-refractivity contribution is -0.139. The van der Waals surface area contributed by atoms with Crippen molar-refractivity contribution in [2.75, 3.05) is 0 Å². The van der Waals surface area contributed by atoms with Crippen LogP contribution in [0.25, 0.3) is 0 Å². The molecule has 82 valence electrons. The van der Waals surface area contributed by atoms with Crippen LogP contribution in [0.4, 0.5) is 0 Å². The molecule has 8 heteroatoms. The van der Waals surface area contributed by atoms with Gasteiger partial charge in [-0.2, -0.15) is 0 Å². The van der Waals surface area contributed by atoms with Gasteiger partial charge in [0.15, 0.2) is 0 Å². The average Bonchev–Trinajstić information content (AvgIpc) is 2.51. The standard InChI is InChI=1S/C7H10N4O4/c8-5(7(14)15)1-4-2-11(10-9-4)3-6(12)13/h2,5H,1,3,8H2,(H,12,13)(H,14,15)/t5-/m0/s1. The van der Waals surface area contributed by atoms with Crippen molar-refractivity contribution in [3.05, 3.63) is 11.9 Å². The van der Waals surface area contributed by atoms with E-state index in [1.165, 1.54) is 6.20 Å². The molecule has 0 radical (unpaired) electrons. The number of rotatable bonds is 5. The van der Waals surface area contributed by atoms with Crippen molar-refractivity contribution >= 4 is 11.9 Å². The van der Waals surface area contributed by atoms with Gasteiger partial charge in [0, 0.05) is 12.6 Å². The Kier molecular flexibility index (Phi) is 3.34. The molecule has 0 unspecified atom stereocenters. The first-order chi connectivity index (χ1) is 6.99. The van der Waals surface area contributed by atoms with Crippen molar-refractivity contribution in [1.29, 1.82) is 0 Å². The number of carbonyl (C=O) groups is 2. The first-order valence-corrected chi connectivity index (χ1v) is 4.08. The second-order valence-electron chi connectivity index (χ2n) is 2.95. The predicted octanol–water partition coefficient (Wildman–Crippen LogP) is -1.68. The molecule has 0 aromatic carbocycles. The molecule has 0 saturated heterocycles. The maximum absolute atomic E-state index is 10.4. The summed E-state index contributed by atoms with van der Waals surface area (Å²) in [5.74, 6) is -2.18. The molecule has 0 fully saturated rings. The van der Waals surface area contributed by atoms with E-state index >= 15 is 0 Å². The molecule has 15 heavy (non-hydrogen) atoms. The van der Waals surface area contributed by atoms with E-state index < -0.39 is 18.0 Å². The third-order valence-corrected chi connectivity index (χ3v) is 1.63. The highest BCUT2D eigenvalue weighted by atomic mass is 16.4. The van der Waals surface area contributed by atoms with Gasteiger partial charge in [-0.1, -0.05) is 5.21 Å². The molecular weight excluding hydrogens is 204 g/mol. The zero-order chi connectivity index (χ0) is 11.4. The van der Waals surface area contributed by atoms with Gasteiger partial charge in [-0.15, -0.1) is 5.10 Å². The maximum Gasteiger partial charge on any atom is 0.325 e. The lowest BCUT2D eigenvalue weighted by Gasteiger charge is -2.01. The van der Waals surface area contributed by atoms with Crippen LogP contribution in [0, 0.1) is 0 Å². The molecule has 0 bridgehead atoms. The van der Waals surface area contributed by atoms with Crippen LogP contribution >= 0.6 is 0 Å². The van der Waals surface area contributed by atoms with Crippen LogP contribution in [0.15, 0.2) is 6.20 Å². The van der Waals surface area contributed by atoms with E-state index in [0.29, 0.717) is 5.69 Å². The summed E-state index contributed by atoms with van der Waals surface area (Å²) in [6.45, 7) is -0.310. The quantitative estimate of drug-likeness (QED) is 0.533. The minimum atomic E-state index is -1.14. The van der Waals surface area contributed by atoms with E-state index in [1.54, 1.807) is 0 Å². The van der Waals surface area contributed by atoms with Crippen LogP contribution in [0.1, 0.15) is 5.69 Å². The summed E-state index contributed by atoms with van der Waals surface area (Å²) in [4.78, 5) is 20.7. The van der Waals surface area contributed by atoms with E-state index in [-0.39, 0.29) is 13.0 Å². The molecule has 1 aromatic rings. The Morgan fingerprint density at radius 3 is 2.73 bits per heavy atom. The lowest BCUT2D eigenvalue weighted by Crippen LogP contribution is -2.32. The molecular formula is C7H10N4O4. The van der Waals surface area contributed by atoms with Crippen molar-refractivity contribution in [2.24, 2.45) is 5.73 Å². The minimum Gasteiger partial charge on any atom is -0.480 e. The molecule has 0 amide bonds. The fraction of sp³-hybridized carbons (Fsp3) is 0.429. The summed E-state index contributed by atoms with van der Waals surface area (Å²) in [5.41, 5.74) is 5.62. The smallest absolute Gasteiger partial charge is 0.325 e. The van der Waals surface area contributed by atoms with Gasteiger partial charge < -0.3 is 15.9 Å². The van der Waals surface area contributed by atoms with Crippen LogP contribution in [0.5, 0.6) is 0 Å². The highest BCUT2D eigenvalue weighted by molar-refractivity contribution is 5.73. The van der Waals surface area contributed by atoms with E-state index in [4.69, 9.17) is 15.9 Å². The molecule has 1 rings (SSSR count). The van der Waals surface area contributed by atoms with Crippen molar-refractivity contribution in [3.8, 4) is 0 Å². The second kappa shape index (κ2) is 4.51. The number of hydrogen-bond acceptors (Lipinski definition) is 5. The van der Waals surface area contributed by atoms with Crippen molar-refractivity contribution in [3.63, 3.8) is 0 Å². The van der Waals surface area contributed by atoms with Crippen LogP contribution in [0.2, 0.25) is 0 Å². The summed E-state index contributed by atoms with van der Waals surface area (Å²) in [7, 11) is 0. The molecule has 8 nitrogen and oxygen atoms in total. The molecule has 0 saturated carbocycles. The van der Waals surface area contributed by atoms with E-state index in [1.807, 2.05) is 0 Å². The first kappa shape index (κ1) is 11.1. The summed E-state index contributed by atoms with van der Waals surface area (Å²) in [6, 6.07) is -1.06. The molecule has 0 aliphatic heterocycles. The van der Waals surface area contributed by atoms with Gasteiger partial charge in [-0.05, 0) is 0 Å². The van der Waals surface area contributed by atoms with Crippen LogP contribution in [-0.2, 0) is 22.6 Å². The van der Waals surface area contributed by atoms with E-state index in [0.717, 1.165) is 4.68 Å². The Morgan fingerprint density at radius 1 is 1.53 bits per heavy atom. The monoisotopic (exact) mass is 214 g/mol. The summed E-state index contributed by atoms with van der Waals surface area (Å²) in [5, 5.41) is 24.1. The Hall–Kier alpha value is -1.96. The SMILES string of the molecule is N[C@@H](Cc1cn(CC(=O)O)nn1)C(=O)O. The van der Waals surface area contributed by atoms with Gasteiger partial charge in [0.2, 0.25) is 0 Å². The third kappa shape index (κ3) is 3.35. The normalized spacial score (nSPS) is 12.3. The van der Waals surface area contributed by atoms with Gasteiger partial charge >= 0.3 is 11.9 Å². The molecule has 0 aliphatic rings. The Labute approximate surface area is 84.3 Å². The number of nitrogens with two attached hydrogens (primary N) is 1. The lowest BCUT2D eigenvalue weighted by atomic mass is 10.2. The fourth-order valence-corrected chi connectivity index (χ4v) is 0.961. The first-order valence-electron chi connectivity index (χ1n) is 4.08. The van der Waals surface area contributed by atoms with Gasteiger partial charge in [0.25, 0.3) is 0 Å². The molecule has 0 aliphatic carbocycles. The predicted molar refractivity (Wildman–Crippen MR) is 47.0 cm³/mol. The van der Waals surface area contributed by atoms with Crippen molar-refractivity contribution in [2.45, 2.75) is 19.0 Å². The third-order valence-electron chi connectivity index (χ3n) is 1.63. The van der Waals surface area contributed by atoms with Crippen LogP contribution < -0.4 is 5.73 Å².